The van der Waals surface area contributed by atoms with Crippen LogP contribution in [0.5, 0.6) is 0 Å². The van der Waals surface area contributed by atoms with Crippen molar-refractivity contribution in [3.8, 4) is 0 Å². The van der Waals surface area contributed by atoms with E-state index in [0.717, 1.165) is 31.3 Å². The lowest BCUT2D eigenvalue weighted by molar-refractivity contribution is -0.139. The molecule has 142 valence electrons. The second kappa shape index (κ2) is 5.77. The van der Waals surface area contributed by atoms with E-state index >= 15 is 0 Å². The van der Waals surface area contributed by atoms with Crippen LogP contribution in [0.4, 0.5) is 0 Å². The molecule has 0 heterocycles. The van der Waals surface area contributed by atoms with Gasteiger partial charge >= 0.3 is 5.97 Å². The zero-order valence-electron chi connectivity index (χ0n) is 15.7. The van der Waals surface area contributed by atoms with Crippen LogP contribution in [0, 0.1) is 28.6 Å². The molecule has 3 saturated carbocycles. The van der Waals surface area contributed by atoms with Gasteiger partial charge in [0.2, 0.25) is 0 Å². The van der Waals surface area contributed by atoms with Gasteiger partial charge in [-0.05, 0) is 55.4 Å². The lowest BCUT2D eigenvalue weighted by Gasteiger charge is -2.58. The first-order chi connectivity index (χ1) is 12.2. The molecule has 4 aliphatic carbocycles. The molecular weight excluding hydrogens is 332 g/mol. The Morgan fingerprint density at radius 1 is 1.23 bits per heavy atom. The van der Waals surface area contributed by atoms with Gasteiger partial charge in [-0.15, -0.1) is 0 Å². The summed E-state index contributed by atoms with van der Waals surface area (Å²) in [5.74, 6) is -0.295. The molecule has 0 saturated heterocycles. The van der Waals surface area contributed by atoms with E-state index in [1.54, 1.807) is 12.2 Å². The first-order valence-electron chi connectivity index (χ1n) is 9.65. The third-order valence-electron chi connectivity index (χ3n) is 7.95. The number of carbonyl (C=O) groups is 2. The molecule has 4 rings (SSSR count). The Bertz CT molecular complexity index is 722. The Morgan fingerprint density at radius 3 is 2.65 bits per heavy atom. The van der Waals surface area contributed by atoms with Gasteiger partial charge in [0.05, 0.1) is 19.3 Å². The fraction of sp³-hybridized carbons (Fsp3) is 0.714. The van der Waals surface area contributed by atoms with Crippen molar-refractivity contribution in [2.24, 2.45) is 28.6 Å². The van der Waals surface area contributed by atoms with E-state index in [9.17, 15) is 19.8 Å². The van der Waals surface area contributed by atoms with Gasteiger partial charge in [-0.1, -0.05) is 25.5 Å². The van der Waals surface area contributed by atoms with Crippen LogP contribution in [0.15, 0.2) is 23.3 Å². The Morgan fingerprint density at radius 2 is 1.96 bits per heavy atom. The summed E-state index contributed by atoms with van der Waals surface area (Å²) in [6.07, 6.45) is 6.47. The molecule has 2 unspecified atom stereocenters. The number of esters is 1. The number of allylic oxidation sites excluding steroid dienone is 3. The summed E-state index contributed by atoms with van der Waals surface area (Å²) in [7, 11) is 1.28. The summed E-state index contributed by atoms with van der Waals surface area (Å²) in [4.78, 5) is 24.4. The standard InChI is InChI=1S/C21H28O5/c1-20-9-13(19(25)26-3)15(22)8-11(20)4-5-12-14-6-7-17(24)21(14,2)10-16(23)18(12)20/h8-9,12,14,16-18,23-24H,4-7,10H2,1-3H3/t12-,14-,16?,17?,18-,20-,21-/m0/s1. The predicted octanol–water partition coefficient (Wildman–Crippen LogP) is 2.17. The minimum absolute atomic E-state index is 0.0429. The fourth-order valence-corrected chi connectivity index (χ4v) is 6.67. The monoisotopic (exact) mass is 360 g/mol. The van der Waals surface area contributed by atoms with Crippen LogP contribution >= 0.6 is 0 Å². The minimum Gasteiger partial charge on any atom is -0.465 e. The van der Waals surface area contributed by atoms with E-state index in [4.69, 9.17) is 4.74 Å². The minimum atomic E-state index is -0.611. The summed E-state index contributed by atoms with van der Waals surface area (Å²) in [6, 6.07) is 0. The Hall–Kier alpha value is -1.46. The van der Waals surface area contributed by atoms with Crippen molar-refractivity contribution in [2.45, 2.75) is 58.2 Å². The van der Waals surface area contributed by atoms with Crippen molar-refractivity contribution in [2.75, 3.05) is 7.11 Å². The highest BCUT2D eigenvalue weighted by Gasteiger charge is 2.61. The van der Waals surface area contributed by atoms with Gasteiger partial charge in [-0.25, -0.2) is 4.79 Å². The highest BCUT2D eigenvalue weighted by atomic mass is 16.5. The topological polar surface area (TPSA) is 83.8 Å². The maximum absolute atomic E-state index is 12.4. The van der Waals surface area contributed by atoms with Crippen LogP contribution in [0.3, 0.4) is 0 Å². The number of ketones is 1. The molecule has 0 aromatic rings. The molecule has 7 atom stereocenters. The SMILES string of the molecule is COC(=O)C1=C[C@@]2(C)C(=CC1=O)CC[C@@H]1[C@H]2C(O)C[C@]2(C)C(O)CC[C@@H]12. The average Bonchev–Trinajstić information content (AvgIpc) is 2.88. The Kier molecular flexibility index (Phi) is 3.98. The second-order valence-electron chi connectivity index (χ2n) is 9.07. The Labute approximate surface area is 154 Å². The quantitative estimate of drug-likeness (QED) is 0.553. The number of hydrogen-bond donors (Lipinski definition) is 2. The summed E-state index contributed by atoms with van der Waals surface area (Å²) < 4.78 is 4.79. The molecule has 0 radical (unpaired) electrons. The van der Waals surface area contributed by atoms with Crippen LogP contribution in [0.2, 0.25) is 0 Å². The van der Waals surface area contributed by atoms with Crippen LogP contribution in [-0.2, 0) is 14.3 Å². The highest BCUT2D eigenvalue weighted by Crippen LogP contribution is 2.64. The zero-order chi connectivity index (χ0) is 18.9. The summed E-state index contributed by atoms with van der Waals surface area (Å²) in [5, 5.41) is 21.6. The third-order valence-corrected chi connectivity index (χ3v) is 7.95. The molecule has 0 aromatic heterocycles. The zero-order valence-corrected chi connectivity index (χ0v) is 15.7. The number of aliphatic hydroxyl groups is 2. The van der Waals surface area contributed by atoms with E-state index in [2.05, 4.69) is 6.92 Å². The molecule has 0 aliphatic heterocycles. The molecule has 2 N–H and O–H groups in total. The van der Waals surface area contributed by atoms with E-state index in [1.165, 1.54) is 7.11 Å². The van der Waals surface area contributed by atoms with E-state index < -0.39 is 17.5 Å². The number of methoxy groups -OCH3 is 1. The largest absolute Gasteiger partial charge is 0.465 e. The Balaban J connectivity index is 1.77. The van der Waals surface area contributed by atoms with Crippen LogP contribution in [-0.4, -0.2) is 41.3 Å². The maximum atomic E-state index is 12.4. The first kappa shape index (κ1) is 17.9. The second-order valence-corrected chi connectivity index (χ2v) is 9.07. The summed E-state index contributed by atoms with van der Waals surface area (Å²) >= 11 is 0. The van der Waals surface area contributed by atoms with Gasteiger partial charge in [0.15, 0.2) is 5.78 Å². The normalized spacial score (nSPS) is 47.3. The van der Waals surface area contributed by atoms with Crippen molar-refractivity contribution in [3.63, 3.8) is 0 Å². The molecule has 5 nitrogen and oxygen atoms in total. The van der Waals surface area contributed by atoms with Crippen LogP contribution < -0.4 is 0 Å². The maximum Gasteiger partial charge on any atom is 0.341 e. The highest BCUT2D eigenvalue weighted by molar-refractivity contribution is 6.22. The van der Waals surface area contributed by atoms with Crippen LogP contribution in [0.1, 0.15) is 46.0 Å². The van der Waals surface area contributed by atoms with Gasteiger partial charge in [0, 0.05) is 11.3 Å². The average molecular weight is 360 g/mol. The number of carbonyl (C=O) groups excluding carboxylic acids is 2. The molecule has 0 bridgehead atoms. The third kappa shape index (κ3) is 2.23. The van der Waals surface area contributed by atoms with Gasteiger partial charge in [0.25, 0.3) is 0 Å². The number of ether oxygens (including phenoxy) is 1. The molecule has 3 fully saturated rings. The molecule has 0 spiro atoms. The first-order valence-corrected chi connectivity index (χ1v) is 9.65. The van der Waals surface area contributed by atoms with E-state index in [0.29, 0.717) is 12.3 Å². The predicted molar refractivity (Wildman–Crippen MR) is 95.0 cm³/mol. The number of fused-ring (bicyclic) bond motifs is 5. The lowest BCUT2D eigenvalue weighted by Crippen LogP contribution is -2.56. The smallest absolute Gasteiger partial charge is 0.341 e. The number of aliphatic hydroxyl groups excluding tert-OH is 2. The van der Waals surface area contributed by atoms with Gasteiger partial charge < -0.3 is 14.9 Å². The lowest BCUT2D eigenvalue weighted by atomic mass is 9.47. The fourth-order valence-electron chi connectivity index (χ4n) is 6.67. The van der Waals surface area contributed by atoms with E-state index in [1.807, 2.05) is 6.92 Å². The number of rotatable bonds is 1. The molecule has 0 amide bonds. The van der Waals surface area contributed by atoms with Gasteiger partial charge in [-0.3, -0.25) is 4.79 Å². The molecule has 4 aliphatic rings. The van der Waals surface area contributed by atoms with Gasteiger partial charge in [0.1, 0.15) is 5.57 Å². The summed E-state index contributed by atoms with van der Waals surface area (Å²) in [5.41, 5.74) is 0.329. The van der Waals surface area contributed by atoms with Crippen molar-refractivity contribution >= 4 is 11.8 Å². The molecule has 26 heavy (non-hydrogen) atoms. The van der Waals surface area contributed by atoms with Gasteiger partial charge in [-0.2, -0.15) is 0 Å². The van der Waals surface area contributed by atoms with Crippen molar-refractivity contribution < 1.29 is 24.5 Å². The molecule has 5 heteroatoms. The van der Waals surface area contributed by atoms with Crippen molar-refractivity contribution in [3.05, 3.63) is 23.3 Å². The molecule has 0 aromatic carbocycles. The molecular formula is C21H28O5. The summed E-state index contributed by atoms with van der Waals surface area (Å²) in [6.45, 7) is 4.16. The van der Waals surface area contributed by atoms with Crippen molar-refractivity contribution in [1.82, 2.24) is 0 Å². The van der Waals surface area contributed by atoms with Crippen molar-refractivity contribution in [1.29, 1.82) is 0 Å². The van der Waals surface area contributed by atoms with E-state index in [-0.39, 0.29) is 34.7 Å². The number of hydrogen-bond acceptors (Lipinski definition) is 5. The van der Waals surface area contributed by atoms with Crippen LogP contribution in [0.25, 0.3) is 0 Å².